The second-order valence-corrected chi connectivity index (χ2v) is 5.24. The first-order valence-electron chi connectivity index (χ1n) is 6.63. The Bertz CT molecular complexity index is 983. The SMILES string of the molecule is COc1ccc(-c2nc3cc([N+](=O)[O-])cc(C(N)=O)c3o2)cc1Cl. The van der Waals surface area contributed by atoms with Crippen LogP contribution in [0.1, 0.15) is 10.4 Å². The zero-order valence-corrected chi connectivity index (χ0v) is 13.0. The molecule has 1 aromatic heterocycles. The molecule has 0 unspecified atom stereocenters. The van der Waals surface area contributed by atoms with Crippen molar-refractivity contribution in [3.05, 3.63) is 51.0 Å². The summed E-state index contributed by atoms with van der Waals surface area (Å²) in [5.41, 5.74) is 5.61. The number of methoxy groups -OCH3 is 1. The fourth-order valence-electron chi connectivity index (χ4n) is 2.23. The highest BCUT2D eigenvalue weighted by Crippen LogP contribution is 2.33. The summed E-state index contributed by atoms with van der Waals surface area (Å²) in [4.78, 5) is 26.1. The number of hydrogen-bond acceptors (Lipinski definition) is 6. The molecular formula is C15H10ClN3O5. The maximum atomic E-state index is 11.5. The lowest BCUT2D eigenvalue weighted by atomic mass is 10.1. The van der Waals surface area contributed by atoms with Gasteiger partial charge in [-0.05, 0) is 18.2 Å². The maximum Gasteiger partial charge on any atom is 0.272 e. The summed E-state index contributed by atoms with van der Waals surface area (Å²) in [6, 6.07) is 7.13. The Morgan fingerprint density at radius 3 is 2.71 bits per heavy atom. The number of halogens is 1. The molecule has 1 heterocycles. The molecule has 3 rings (SSSR count). The maximum absolute atomic E-state index is 11.5. The first kappa shape index (κ1) is 15.8. The Hall–Kier alpha value is -3.13. The minimum atomic E-state index is -0.848. The number of non-ortho nitro benzene ring substituents is 1. The van der Waals surface area contributed by atoms with Crippen molar-refractivity contribution in [2.75, 3.05) is 7.11 Å². The van der Waals surface area contributed by atoms with Gasteiger partial charge in [0.1, 0.15) is 11.3 Å². The largest absolute Gasteiger partial charge is 0.495 e. The first-order chi connectivity index (χ1) is 11.4. The van der Waals surface area contributed by atoms with E-state index >= 15 is 0 Å². The third kappa shape index (κ3) is 2.63. The van der Waals surface area contributed by atoms with Crippen LogP contribution in [-0.2, 0) is 0 Å². The van der Waals surface area contributed by atoms with Gasteiger partial charge in [-0.3, -0.25) is 14.9 Å². The molecule has 2 aromatic carbocycles. The number of amides is 1. The van der Waals surface area contributed by atoms with Crippen LogP contribution >= 0.6 is 11.6 Å². The van der Waals surface area contributed by atoms with E-state index in [4.69, 9.17) is 26.5 Å². The van der Waals surface area contributed by atoms with Gasteiger partial charge in [0.2, 0.25) is 5.89 Å². The molecule has 1 amide bonds. The van der Waals surface area contributed by atoms with Gasteiger partial charge in [-0.25, -0.2) is 4.98 Å². The predicted octanol–water partition coefficient (Wildman–Crippen LogP) is 3.16. The first-order valence-corrected chi connectivity index (χ1v) is 7.01. The lowest BCUT2D eigenvalue weighted by molar-refractivity contribution is -0.384. The number of ether oxygens (including phenoxy) is 1. The molecule has 24 heavy (non-hydrogen) atoms. The second kappa shape index (κ2) is 5.82. The Labute approximate surface area is 139 Å². The van der Waals surface area contributed by atoms with Crippen molar-refractivity contribution in [2.45, 2.75) is 0 Å². The topological polar surface area (TPSA) is 121 Å². The summed E-state index contributed by atoms with van der Waals surface area (Å²) in [5, 5.41) is 11.3. The summed E-state index contributed by atoms with van der Waals surface area (Å²) in [5.74, 6) is -0.221. The van der Waals surface area contributed by atoms with E-state index < -0.39 is 10.8 Å². The number of benzene rings is 2. The number of nitro benzene ring substituents is 1. The molecule has 0 aliphatic rings. The Kier molecular flexibility index (Phi) is 3.82. The summed E-state index contributed by atoms with van der Waals surface area (Å²) in [6.07, 6.45) is 0. The minimum absolute atomic E-state index is 0.0787. The molecular weight excluding hydrogens is 338 g/mol. The molecule has 0 atom stereocenters. The molecule has 0 aliphatic carbocycles. The van der Waals surface area contributed by atoms with Crippen LogP contribution in [0.2, 0.25) is 5.02 Å². The van der Waals surface area contributed by atoms with Gasteiger partial charge in [-0.2, -0.15) is 0 Å². The van der Waals surface area contributed by atoms with E-state index in [1.165, 1.54) is 13.2 Å². The predicted molar refractivity (Wildman–Crippen MR) is 86.2 cm³/mol. The van der Waals surface area contributed by atoms with Crippen LogP contribution in [0.25, 0.3) is 22.6 Å². The fourth-order valence-corrected chi connectivity index (χ4v) is 2.49. The van der Waals surface area contributed by atoms with E-state index in [-0.39, 0.29) is 28.2 Å². The van der Waals surface area contributed by atoms with Gasteiger partial charge in [0, 0.05) is 17.7 Å². The van der Waals surface area contributed by atoms with Gasteiger partial charge in [-0.15, -0.1) is 0 Å². The highest BCUT2D eigenvalue weighted by atomic mass is 35.5. The molecule has 3 aromatic rings. The van der Waals surface area contributed by atoms with Crippen molar-refractivity contribution in [1.29, 1.82) is 0 Å². The summed E-state index contributed by atoms with van der Waals surface area (Å²) < 4.78 is 10.6. The van der Waals surface area contributed by atoms with E-state index in [1.54, 1.807) is 18.2 Å². The van der Waals surface area contributed by atoms with Crippen LogP contribution in [0, 0.1) is 10.1 Å². The lowest BCUT2D eigenvalue weighted by Crippen LogP contribution is -2.11. The molecule has 9 heteroatoms. The molecule has 0 spiro atoms. The molecule has 0 radical (unpaired) electrons. The molecule has 0 saturated carbocycles. The summed E-state index contributed by atoms with van der Waals surface area (Å²) in [6.45, 7) is 0. The van der Waals surface area contributed by atoms with Crippen LogP contribution < -0.4 is 10.5 Å². The molecule has 0 fully saturated rings. The van der Waals surface area contributed by atoms with Gasteiger partial charge < -0.3 is 14.9 Å². The van der Waals surface area contributed by atoms with E-state index in [2.05, 4.69) is 4.98 Å². The highest BCUT2D eigenvalue weighted by Gasteiger charge is 2.21. The van der Waals surface area contributed by atoms with Gasteiger partial charge in [0.25, 0.3) is 11.6 Å². The van der Waals surface area contributed by atoms with Gasteiger partial charge in [0.15, 0.2) is 5.58 Å². The van der Waals surface area contributed by atoms with E-state index in [0.29, 0.717) is 16.3 Å². The zero-order valence-electron chi connectivity index (χ0n) is 12.3. The third-order valence-corrected chi connectivity index (χ3v) is 3.65. The molecule has 8 nitrogen and oxygen atoms in total. The third-order valence-electron chi connectivity index (χ3n) is 3.35. The number of carbonyl (C=O) groups excluding carboxylic acids is 1. The molecule has 122 valence electrons. The standard InChI is InChI=1S/C15H10ClN3O5/c1-23-12-3-2-7(4-10(12)16)15-18-11-6-8(19(21)22)5-9(14(17)20)13(11)24-15/h2-6H,1H3,(H2,17,20). The smallest absolute Gasteiger partial charge is 0.272 e. The van der Waals surface area contributed by atoms with Crippen molar-refractivity contribution >= 4 is 34.3 Å². The summed E-state index contributed by atoms with van der Waals surface area (Å²) in [7, 11) is 1.48. The molecule has 0 aliphatic heterocycles. The van der Waals surface area contributed by atoms with Crippen LogP contribution in [-0.4, -0.2) is 22.9 Å². The number of aromatic nitrogens is 1. The zero-order chi connectivity index (χ0) is 17.4. The number of rotatable bonds is 4. The number of fused-ring (bicyclic) bond motifs is 1. The lowest BCUT2D eigenvalue weighted by Gasteiger charge is -2.03. The van der Waals surface area contributed by atoms with Crippen molar-refractivity contribution in [1.82, 2.24) is 4.98 Å². The quantitative estimate of drug-likeness (QED) is 0.571. The van der Waals surface area contributed by atoms with Gasteiger partial charge >= 0.3 is 0 Å². The van der Waals surface area contributed by atoms with E-state index in [0.717, 1.165) is 6.07 Å². The number of nitro groups is 1. The Morgan fingerprint density at radius 2 is 2.12 bits per heavy atom. The average Bonchev–Trinajstić information content (AvgIpc) is 2.97. The van der Waals surface area contributed by atoms with Gasteiger partial charge in [-0.1, -0.05) is 11.6 Å². The van der Waals surface area contributed by atoms with Crippen LogP contribution in [0.5, 0.6) is 5.75 Å². The highest BCUT2D eigenvalue weighted by molar-refractivity contribution is 6.32. The normalized spacial score (nSPS) is 10.8. The minimum Gasteiger partial charge on any atom is -0.495 e. The molecule has 0 bridgehead atoms. The Morgan fingerprint density at radius 1 is 1.38 bits per heavy atom. The monoisotopic (exact) mass is 347 g/mol. The number of hydrogen-bond donors (Lipinski definition) is 1. The van der Waals surface area contributed by atoms with Crippen molar-refractivity contribution in [2.24, 2.45) is 5.73 Å². The number of nitrogens with two attached hydrogens (primary N) is 1. The Balaban J connectivity index is 2.21. The van der Waals surface area contributed by atoms with Crippen LogP contribution in [0.4, 0.5) is 5.69 Å². The van der Waals surface area contributed by atoms with E-state index in [9.17, 15) is 14.9 Å². The number of carbonyl (C=O) groups is 1. The van der Waals surface area contributed by atoms with Crippen molar-refractivity contribution in [3.63, 3.8) is 0 Å². The molecule has 0 saturated heterocycles. The van der Waals surface area contributed by atoms with Crippen molar-refractivity contribution in [3.8, 4) is 17.2 Å². The van der Waals surface area contributed by atoms with Gasteiger partial charge in [0.05, 0.1) is 22.6 Å². The van der Waals surface area contributed by atoms with Crippen LogP contribution in [0.3, 0.4) is 0 Å². The number of primary amides is 1. The van der Waals surface area contributed by atoms with Crippen molar-refractivity contribution < 1.29 is 18.9 Å². The van der Waals surface area contributed by atoms with Crippen LogP contribution in [0.15, 0.2) is 34.7 Å². The summed E-state index contributed by atoms with van der Waals surface area (Å²) >= 11 is 6.07. The molecule has 2 N–H and O–H groups in total. The fraction of sp³-hybridized carbons (Fsp3) is 0.0667. The average molecular weight is 348 g/mol. The van der Waals surface area contributed by atoms with E-state index in [1.807, 2.05) is 0 Å². The number of nitrogens with zero attached hydrogens (tertiary/aromatic N) is 2. The number of oxazole rings is 1. The second-order valence-electron chi connectivity index (χ2n) is 4.83.